The number of hydrogen-bond donors (Lipinski definition) is 2. The van der Waals surface area contributed by atoms with Gasteiger partial charge in [-0.3, -0.25) is 0 Å². The van der Waals surface area contributed by atoms with Gasteiger partial charge in [-0.2, -0.15) is 0 Å². The molecule has 0 fully saturated rings. The van der Waals surface area contributed by atoms with E-state index < -0.39 is 16.0 Å². The summed E-state index contributed by atoms with van der Waals surface area (Å²) in [5.74, 6) is -1.07. The van der Waals surface area contributed by atoms with Crippen molar-refractivity contribution in [2.24, 2.45) is 0 Å². The maximum atomic E-state index is 12.4. The van der Waals surface area contributed by atoms with Crippen LogP contribution in [0.2, 0.25) is 0 Å². The summed E-state index contributed by atoms with van der Waals surface area (Å²) in [6, 6.07) is 4.74. The van der Waals surface area contributed by atoms with E-state index in [4.69, 9.17) is 5.11 Å². The van der Waals surface area contributed by atoms with Gasteiger partial charge in [-0.15, -0.1) is 0 Å². The molecule has 21 heavy (non-hydrogen) atoms. The molecule has 0 saturated heterocycles. The van der Waals surface area contributed by atoms with E-state index in [9.17, 15) is 13.2 Å². The molecule has 0 bridgehead atoms. The molecular weight excluding hydrogens is 290 g/mol. The number of sulfonamides is 1. The minimum atomic E-state index is -3.61. The summed E-state index contributed by atoms with van der Waals surface area (Å²) < 4.78 is 27.5. The Balaban J connectivity index is 3.16. The number of carboxylic acid groups (broad SMARTS) is 1. The lowest BCUT2D eigenvalue weighted by Crippen LogP contribution is -2.34. The first kappa shape index (κ1) is 17.4. The average molecular weight is 311 g/mol. The Morgan fingerprint density at radius 2 is 1.95 bits per heavy atom. The number of carboxylic acids is 1. The number of rotatable bonds is 7. The van der Waals surface area contributed by atoms with Crippen molar-refractivity contribution in [3.63, 3.8) is 0 Å². The van der Waals surface area contributed by atoms with Gasteiger partial charge in [0.25, 0.3) is 0 Å². The van der Waals surface area contributed by atoms with Crippen LogP contribution in [0.3, 0.4) is 0 Å². The van der Waals surface area contributed by atoms with Crippen LogP contribution < -0.4 is 4.72 Å². The van der Waals surface area contributed by atoms with E-state index in [-0.39, 0.29) is 10.9 Å². The van der Waals surface area contributed by atoms with Crippen LogP contribution in [0.5, 0.6) is 0 Å². The Morgan fingerprint density at radius 1 is 1.33 bits per heavy atom. The Labute approximate surface area is 125 Å². The second kappa shape index (κ2) is 7.38. The summed E-state index contributed by atoms with van der Waals surface area (Å²) in [5.41, 5.74) is 1.16. The molecule has 0 unspecified atom stereocenters. The van der Waals surface area contributed by atoms with E-state index in [0.29, 0.717) is 24.0 Å². The first-order chi connectivity index (χ1) is 9.80. The van der Waals surface area contributed by atoms with E-state index in [1.165, 1.54) is 12.1 Å². The average Bonchev–Trinajstić information content (AvgIpc) is 2.43. The number of carbonyl (C=O) groups is 1. The number of aryl methyl sites for hydroxylation is 1. The second-order valence-electron chi connectivity index (χ2n) is 4.83. The molecule has 0 aliphatic carbocycles. The van der Waals surface area contributed by atoms with Crippen LogP contribution >= 0.6 is 0 Å². The Bertz CT molecular complexity index is 631. The summed E-state index contributed by atoms with van der Waals surface area (Å²) in [4.78, 5) is 10.7. The highest BCUT2D eigenvalue weighted by atomic mass is 32.2. The number of aliphatic carboxylic acids is 1. The predicted octanol–water partition coefficient (Wildman–Crippen LogP) is 2.56. The van der Waals surface area contributed by atoms with Crippen LogP contribution in [0, 0.1) is 6.92 Å². The van der Waals surface area contributed by atoms with Gasteiger partial charge in [-0.1, -0.05) is 26.0 Å². The summed E-state index contributed by atoms with van der Waals surface area (Å²) >= 11 is 0. The van der Waals surface area contributed by atoms with Crippen LogP contribution in [0.15, 0.2) is 29.2 Å². The van der Waals surface area contributed by atoms with Crippen molar-refractivity contribution in [3.8, 4) is 0 Å². The van der Waals surface area contributed by atoms with Crippen molar-refractivity contribution in [2.75, 3.05) is 0 Å². The fourth-order valence-corrected chi connectivity index (χ4v) is 3.60. The van der Waals surface area contributed by atoms with E-state index in [1.807, 2.05) is 13.8 Å². The van der Waals surface area contributed by atoms with Gasteiger partial charge in [0.2, 0.25) is 10.0 Å². The molecule has 0 saturated carbocycles. The minimum Gasteiger partial charge on any atom is -0.478 e. The van der Waals surface area contributed by atoms with Gasteiger partial charge in [0.1, 0.15) is 0 Å². The first-order valence-electron chi connectivity index (χ1n) is 6.84. The normalized spacial score (nSPS) is 12.2. The fourth-order valence-electron chi connectivity index (χ4n) is 1.92. The molecule has 1 rings (SSSR count). The highest BCUT2D eigenvalue weighted by molar-refractivity contribution is 7.89. The highest BCUT2D eigenvalue weighted by Crippen LogP contribution is 2.19. The molecule has 2 N–H and O–H groups in total. The van der Waals surface area contributed by atoms with Crippen LogP contribution in [0.25, 0.3) is 6.08 Å². The van der Waals surface area contributed by atoms with Crippen molar-refractivity contribution in [1.29, 1.82) is 0 Å². The molecule has 0 aliphatic heterocycles. The van der Waals surface area contributed by atoms with Gasteiger partial charge in [-0.25, -0.2) is 17.9 Å². The molecule has 1 aromatic carbocycles. The van der Waals surface area contributed by atoms with Crippen LogP contribution in [0.1, 0.15) is 37.8 Å². The number of hydrogen-bond acceptors (Lipinski definition) is 3. The summed E-state index contributed by atoms with van der Waals surface area (Å²) in [6.45, 7) is 5.57. The van der Waals surface area contributed by atoms with Gasteiger partial charge in [0, 0.05) is 12.1 Å². The second-order valence-corrected chi connectivity index (χ2v) is 6.51. The maximum Gasteiger partial charge on any atom is 0.328 e. The monoisotopic (exact) mass is 311 g/mol. The summed E-state index contributed by atoms with van der Waals surface area (Å²) in [6.07, 6.45) is 3.79. The molecule has 1 aromatic rings. The molecule has 0 aliphatic rings. The van der Waals surface area contributed by atoms with Crippen molar-refractivity contribution >= 4 is 22.1 Å². The van der Waals surface area contributed by atoms with Crippen molar-refractivity contribution in [1.82, 2.24) is 4.72 Å². The molecule has 0 heterocycles. The number of nitrogens with one attached hydrogen (secondary N) is 1. The third-order valence-corrected chi connectivity index (χ3v) is 4.89. The van der Waals surface area contributed by atoms with Crippen LogP contribution in [-0.2, 0) is 14.8 Å². The van der Waals surface area contributed by atoms with Gasteiger partial charge >= 0.3 is 5.97 Å². The lowest BCUT2D eigenvalue weighted by Gasteiger charge is -2.16. The van der Waals surface area contributed by atoms with E-state index in [1.54, 1.807) is 19.1 Å². The molecule has 0 aromatic heterocycles. The maximum absolute atomic E-state index is 12.4. The third-order valence-electron chi connectivity index (χ3n) is 3.23. The third kappa shape index (κ3) is 4.99. The molecule has 6 heteroatoms. The zero-order valence-corrected chi connectivity index (χ0v) is 13.3. The van der Waals surface area contributed by atoms with E-state index >= 15 is 0 Å². The first-order valence-corrected chi connectivity index (χ1v) is 8.32. The standard InChI is InChI=1S/C15H21NO4S/c1-4-13(5-2)16-21(19,20)14-10-12(7-6-11(14)3)8-9-15(17)18/h6-10,13,16H,4-5H2,1-3H3,(H,17,18). The van der Waals surface area contributed by atoms with Gasteiger partial charge < -0.3 is 5.11 Å². The number of benzene rings is 1. The summed E-state index contributed by atoms with van der Waals surface area (Å²) in [7, 11) is -3.61. The largest absolute Gasteiger partial charge is 0.478 e. The van der Waals surface area contributed by atoms with Crippen LogP contribution in [0.4, 0.5) is 0 Å². The Morgan fingerprint density at radius 3 is 2.48 bits per heavy atom. The quantitative estimate of drug-likeness (QED) is 0.758. The van der Waals surface area contributed by atoms with Gasteiger partial charge in [0.05, 0.1) is 4.90 Å². The zero-order chi connectivity index (χ0) is 16.0. The molecule has 0 atom stereocenters. The Hall–Kier alpha value is -1.66. The minimum absolute atomic E-state index is 0.104. The lowest BCUT2D eigenvalue weighted by molar-refractivity contribution is -0.131. The Kier molecular flexibility index (Phi) is 6.11. The molecule has 116 valence electrons. The SMILES string of the molecule is CCC(CC)NS(=O)(=O)c1cc(C=CC(=O)O)ccc1C. The van der Waals surface area contributed by atoms with E-state index in [0.717, 1.165) is 6.08 Å². The molecular formula is C15H21NO4S. The molecule has 5 nitrogen and oxygen atoms in total. The summed E-state index contributed by atoms with van der Waals surface area (Å²) in [5, 5.41) is 8.62. The topological polar surface area (TPSA) is 83.5 Å². The predicted molar refractivity (Wildman–Crippen MR) is 82.5 cm³/mol. The molecule has 0 radical (unpaired) electrons. The lowest BCUT2D eigenvalue weighted by atomic mass is 10.1. The smallest absolute Gasteiger partial charge is 0.328 e. The molecule has 0 spiro atoms. The van der Waals surface area contributed by atoms with Gasteiger partial charge in [0.15, 0.2) is 0 Å². The van der Waals surface area contributed by atoms with Crippen molar-refractivity contribution in [2.45, 2.75) is 44.6 Å². The zero-order valence-electron chi connectivity index (χ0n) is 12.5. The molecule has 0 amide bonds. The van der Waals surface area contributed by atoms with Gasteiger partial charge in [-0.05, 0) is 43.0 Å². The highest BCUT2D eigenvalue weighted by Gasteiger charge is 2.20. The van der Waals surface area contributed by atoms with Crippen molar-refractivity contribution < 1.29 is 18.3 Å². The van der Waals surface area contributed by atoms with Crippen LogP contribution in [-0.4, -0.2) is 25.5 Å². The van der Waals surface area contributed by atoms with Crippen molar-refractivity contribution in [3.05, 3.63) is 35.4 Å². The fraction of sp³-hybridized carbons (Fsp3) is 0.400. The van der Waals surface area contributed by atoms with E-state index in [2.05, 4.69) is 4.72 Å².